The summed E-state index contributed by atoms with van der Waals surface area (Å²) in [6, 6.07) is 15.3. The second kappa shape index (κ2) is 8.14. The number of esters is 1. The molecule has 28 heavy (non-hydrogen) atoms. The number of anilines is 1. The summed E-state index contributed by atoms with van der Waals surface area (Å²) in [7, 11) is 0. The maximum absolute atomic E-state index is 12.3. The molecule has 0 aliphatic rings. The second-order valence-electron chi connectivity index (χ2n) is 6.00. The summed E-state index contributed by atoms with van der Waals surface area (Å²) in [6.07, 6.45) is -1.28. The summed E-state index contributed by atoms with van der Waals surface area (Å²) in [5, 5.41) is 18.9. The monoisotopic (exact) mass is 376 g/mol. The van der Waals surface area contributed by atoms with Crippen LogP contribution in [0.15, 0.2) is 53.3 Å². The third kappa shape index (κ3) is 4.04. The Kier molecular flexibility index (Phi) is 5.46. The number of nitrogens with one attached hydrogen (secondary N) is 2. The van der Waals surface area contributed by atoms with Crippen LogP contribution in [0.4, 0.5) is 5.69 Å². The molecule has 1 aromatic heterocycles. The predicted molar refractivity (Wildman–Crippen MR) is 101 cm³/mol. The van der Waals surface area contributed by atoms with Gasteiger partial charge in [0.2, 0.25) is 0 Å². The predicted octanol–water partition coefficient (Wildman–Crippen LogP) is 1.91. The van der Waals surface area contributed by atoms with Crippen LogP contribution < -0.4 is 10.9 Å². The first-order valence-corrected chi connectivity index (χ1v) is 8.45. The number of amides is 1. The van der Waals surface area contributed by atoms with Crippen molar-refractivity contribution in [2.45, 2.75) is 19.4 Å². The van der Waals surface area contributed by atoms with Crippen molar-refractivity contribution in [2.75, 3.05) is 5.32 Å². The number of nitriles is 1. The van der Waals surface area contributed by atoms with Crippen LogP contribution in [-0.2, 0) is 20.7 Å². The standard InChI is InChI=1S/C20H16N4O4/c1-12(19(26)22-16-9-5-2-6-13(16)11-21)28-18(25)10-17-14-7-3-4-8-15(14)20(27)24-23-17/h2-9,12H,10H2,1H3,(H,22,26)(H,24,27)/t12-/m0/s1. The zero-order valence-electron chi connectivity index (χ0n) is 14.9. The zero-order chi connectivity index (χ0) is 20.1. The van der Waals surface area contributed by atoms with E-state index in [2.05, 4.69) is 15.5 Å². The highest BCUT2D eigenvalue weighted by atomic mass is 16.5. The van der Waals surface area contributed by atoms with Crippen LogP contribution in [0.3, 0.4) is 0 Å². The highest BCUT2D eigenvalue weighted by molar-refractivity contribution is 5.96. The Bertz CT molecular complexity index is 1150. The Morgan fingerprint density at radius 3 is 2.61 bits per heavy atom. The normalized spacial score (nSPS) is 11.4. The molecule has 1 amide bonds. The van der Waals surface area contributed by atoms with Crippen LogP contribution >= 0.6 is 0 Å². The Hall–Kier alpha value is -3.99. The zero-order valence-corrected chi connectivity index (χ0v) is 14.9. The van der Waals surface area contributed by atoms with Gasteiger partial charge >= 0.3 is 5.97 Å². The molecule has 1 atom stereocenters. The van der Waals surface area contributed by atoms with Crippen molar-refractivity contribution in [3.05, 3.63) is 70.1 Å². The van der Waals surface area contributed by atoms with Crippen LogP contribution in [-0.4, -0.2) is 28.2 Å². The molecular formula is C20H16N4O4. The number of aromatic nitrogens is 2. The second-order valence-corrected chi connectivity index (χ2v) is 6.00. The average Bonchev–Trinajstić information content (AvgIpc) is 2.70. The van der Waals surface area contributed by atoms with Gasteiger partial charge in [0.1, 0.15) is 6.07 Å². The third-order valence-electron chi connectivity index (χ3n) is 4.07. The van der Waals surface area contributed by atoms with E-state index in [-0.39, 0.29) is 12.0 Å². The number of fused-ring (bicyclic) bond motifs is 1. The Labute approximate surface area is 159 Å². The molecule has 0 fully saturated rings. The molecule has 140 valence electrons. The molecule has 0 spiro atoms. The summed E-state index contributed by atoms with van der Waals surface area (Å²) in [5.74, 6) is -1.23. The maximum Gasteiger partial charge on any atom is 0.312 e. The molecule has 0 aliphatic heterocycles. The lowest BCUT2D eigenvalue weighted by molar-refractivity contribution is -0.152. The number of ether oxygens (including phenoxy) is 1. The fourth-order valence-electron chi connectivity index (χ4n) is 2.66. The molecule has 0 aliphatic carbocycles. The summed E-state index contributed by atoms with van der Waals surface area (Å²) in [5.41, 5.74) is 0.642. The van der Waals surface area contributed by atoms with Crippen LogP contribution in [0.2, 0.25) is 0 Å². The minimum Gasteiger partial charge on any atom is -0.452 e. The van der Waals surface area contributed by atoms with Gasteiger partial charge in [0.15, 0.2) is 6.10 Å². The molecule has 0 saturated heterocycles. The first-order chi connectivity index (χ1) is 13.5. The van der Waals surface area contributed by atoms with Gasteiger partial charge in [-0.2, -0.15) is 10.4 Å². The number of hydrogen-bond acceptors (Lipinski definition) is 6. The number of aromatic amines is 1. The number of carbonyl (C=O) groups excluding carboxylic acids is 2. The molecule has 2 N–H and O–H groups in total. The molecule has 8 heteroatoms. The van der Waals surface area contributed by atoms with E-state index in [1.807, 2.05) is 6.07 Å². The van der Waals surface area contributed by atoms with Crippen molar-refractivity contribution in [3.63, 3.8) is 0 Å². The molecular weight excluding hydrogens is 360 g/mol. The lowest BCUT2D eigenvalue weighted by Crippen LogP contribution is -2.31. The van der Waals surface area contributed by atoms with Crippen molar-refractivity contribution >= 4 is 28.3 Å². The number of hydrogen-bond donors (Lipinski definition) is 2. The fourth-order valence-corrected chi connectivity index (χ4v) is 2.66. The lowest BCUT2D eigenvalue weighted by Gasteiger charge is -2.14. The van der Waals surface area contributed by atoms with Gasteiger partial charge in [-0.1, -0.05) is 30.3 Å². The van der Waals surface area contributed by atoms with Gasteiger partial charge in [-0.3, -0.25) is 14.4 Å². The minimum atomic E-state index is -1.08. The number of rotatable bonds is 5. The maximum atomic E-state index is 12.3. The molecule has 1 heterocycles. The van der Waals surface area contributed by atoms with Crippen molar-refractivity contribution in [3.8, 4) is 6.07 Å². The van der Waals surface area contributed by atoms with Crippen molar-refractivity contribution in [1.29, 1.82) is 5.26 Å². The van der Waals surface area contributed by atoms with Crippen LogP contribution in [0, 0.1) is 11.3 Å². The Morgan fingerprint density at radius 1 is 1.18 bits per heavy atom. The van der Waals surface area contributed by atoms with E-state index in [0.29, 0.717) is 27.7 Å². The van der Waals surface area contributed by atoms with Gasteiger partial charge in [0.05, 0.1) is 28.8 Å². The Balaban J connectivity index is 1.68. The summed E-state index contributed by atoms with van der Waals surface area (Å²) in [6.45, 7) is 1.43. The van der Waals surface area contributed by atoms with Gasteiger partial charge in [0.25, 0.3) is 11.5 Å². The number of nitrogens with zero attached hydrogens (tertiary/aromatic N) is 2. The largest absolute Gasteiger partial charge is 0.452 e. The van der Waals surface area contributed by atoms with E-state index in [1.54, 1.807) is 48.5 Å². The number of carbonyl (C=O) groups is 2. The van der Waals surface area contributed by atoms with Gasteiger partial charge in [0, 0.05) is 5.39 Å². The van der Waals surface area contributed by atoms with E-state index in [0.717, 1.165) is 0 Å². The van der Waals surface area contributed by atoms with E-state index in [9.17, 15) is 14.4 Å². The summed E-state index contributed by atoms with van der Waals surface area (Å²) >= 11 is 0. The summed E-state index contributed by atoms with van der Waals surface area (Å²) < 4.78 is 5.18. The van der Waals surface area contributed by atoms with Crippen molar-refractivity contribution in [1.82, 2.24) is 10.2 Å². The molecule has 0 radical (unpaired) electrons. The molecule has 0 bridgehead atoms. The smallest absolute Gasteiger partial charge is 0.312 e. The first kappa shape index (κ1) is 18.8. The topological polar surface area (TPSA) is 125 Å². The Morgan fingerprint density at radius 2 is 1.86 bits per heavy atom. The van der Waals surface area contributed by atoms with Crippen molar-refractivity contribution in [2.24, 2.45) is 0 Å². The lowest BCUT2D eigenvalue weighted by atomic mass is 10.1. The molecule has 3 rings (SSSR count). The summed E-state index contributed by atoms with van der Waals surface area (Å²) in [4.78, 5) is 36.3. The third-order valence-corrected chi connectivity index (χ3v) is 4.07. The molecule has 0 unspecified atom stereocenters. The minimum absolute atomic E-state index is 0.205. The van der Waals surface area contributed by atoms with E-state index in [1.165, 1.54) is 6.92 Å². The fraction of sp³-hybridized carbons (Fsp3) is 0.150. The highest BCUT2D eigenvalue weighted by Crippen LogP contribution is 2.15. The molecule has 0 saturated carbocycles. The molecule has 8 nitrogen and oxygen atoms in total. The number of benzene rings is 2. The molecule has 2 aromatic carbocycles. The van der Waals surface area contributed by atoms with Gasteiger partial charge < -0.3 is 10.1 Å². The average molecular weight is 376 g/mol. The SMILES string of the molecule is C[C@H](OC(=O)Cc1n[nH]c(=O)c2ccccc12)C(=O)Nc1ccccc1C#N. The van der Waals surface area contributed by atoms with Crippen LogP contribution in [0.1, 0.15) is 18.2 Å². The quantitative estimate of drug-likeness (QED) is 0.655. The van der Waals surface area contributed by atoms with Gasteiger partial charge in [-0.25, -0.2) is 5.10 Å². The van der Waals surface area contributed by atoms with Gasteiger partial charge in [-0.05, 0) is 25.1 Å². The highest BCUT2D eigenvalue weighted by Gasteiger charge is 2.20. The van der Waals surface area contributed by atoms with E-state index < -0.39 is 18.0 Å². The van der Waals surface area contributed by atoms with Gasteiger partial charge in [-0.15, -0.1) is 0 Å². The number of H-pyrrole nitrogens is 1. The van der Waals surface area contributed by atoms with E-state index >= 15 is 0 Å². The van der Waals surface area contributed by atoms with E-state index in [4.69, 9.17) is 10.00 Å². The molecule has 3 aromatic rings. The number of para-hydroxylation sites is 1. The first-order valence-electron chi connectivity index (χ1n) is 8.45. The van der Waals surface area contributed by atoms with Crippen LogP contribution in [0.5, 0.6) is 0 Å². The van der Waals surface area contributed by atoms with Crippen molar-refractivity contribution < 1.29 is 14.3 Å². The van der Waals surface area contributed by atoms with Crippen LogP contribution in [0.25, 0.3) is 10.8 Å².